The monoisotopic (exact) mass is 284 g/mol. The lowest BCUT2D eigenvalue weighted by Gasteiger charge is -2.32. The van der Waals surface area contributed by atoms with Gasteiger partial charge >= 0.3 is 13.1 Å². The molecule has 1 aliphatic heterocycles. The number of hydrogen-bond donors (Lipinski definition) is 0. The zero-order chi connectivity index (χ0) is 15.7. The minimum Gasteiger partial charge on any atom is -0.465 e. The van der Waals surface area contributed by atoms with Crippen LogP contribution in [0, 0.1) is 11.8 Å². The molecule has 0 saturated carbocycles. The van der Waals surface area contributed by atoms with Crippen molar-refractivity contribution in [3.8, 4) is 0 Å². The molecule has 5 heteroatoms. The highest BCUT2D eigenvalue weighted by molar-refractivity contribution is 6.47. The quantitative estimate of drug-likeness (QED) is 0.574. The normalized spacial score (nSPS) is 23.8. The molecule has 1 heterocycles. The van der Waals surface area contributed by atoms with Crippen molar-refractivity contribution in [3.05, 3.63) is 0 Å². The Kier molecular flexibility index (Phi) is 5.31. The van der Waals surface area contributed by atoms with Crippen molar-refractivity contribution in [3.63, 3.8) is 0 Å². The molecular formula is C15H29BO4. The van der Waals surface area contributed by atoms with Crippen molar-refractivity contribution in [2.24, 2.45) is 11.8 Å². The Bertz CT molecular complexity index is 336. The van der Waals surface area contributed by atoms with Crippen LogP contribution in [0.1, 0.15) is 55.4 Å². The maximum absolute atomic E-state index is 12.0. The Hall–Kier alpha value is -0.545. The van der Waals surface area contributed by atoms with E-state index in [2.05, 4.69) is 0 Å². The van der Waals surface area contributed by atoms with Crippen LogP contribution in [0.4, 0.5) is 0 Å². The van der Waals surface area contributed by atoms with E-state index in [0.29, 0.717) is 12.5 Å². The standard InChI is InChI=1S/C15H29BO4/c1-10(2)9-18-13(17)11(3)12(4)16-19-14(5,6)15(7,8)20-16/h10-12H,9H2,1-8H3/t11-,12-/m1/s1. The number of hydrogen-bond acceptors (Lipinski definition) is 4. The van der Waals surface area contributed by atoms with Crippen molar-refractivity contribution in [2.45, 2.75) is 72.4 Å². The highest BCUT2D eigenvalue weighted by atomic mass is 16.7. The van der Waals surface area contributed by atoms with Crippen molar-refractivity contribution >= 4 is 13.1 Å². The predicted molar refractivity (Wildman–Crippen MR) is 80.5 cm³/mol. The lowest BCUT2D eigenvalue weighted by Crippen LogP contribution is -2.41. The molecule has 0 radical (unpaired) electrons. The summed E-state index contributed by atoms with van der Waals surface area (Å²) in [6.07, 6.45) is 0. The van der Waals surface area contributed by atoms with E-state index in [1.807, 2.05) is 55.4 Å². The molecule has 0 bridgehead atoms. The summed E-state index contributed by atoms with van der Waals surface area (Å²) >= 11 is 0. The van der Waals surface area contributed by atoms with Gasteiger partial charge in [-0.3, -0.25) is 4.79 Å². The van der Waals surface area contributed by atoms with Crippen LogP contribution in [-0.4, -0.2) is 30.9 Å². The van der Waals surface area contributed by atoms with Gasteiger partial charge in [0.05, 0.1) is 23.7 Å². The third-order valence-corrected chi connectivity index (χ3v) is 4.42. The van der Waals surface area contributed by atoms with Crippen LogP contribution in [-0.2, 0) is 18.8 Å². The first-order valence-electron chi connectivity index (χ1n) is 7.50. The van der Waals surface area contributed by atoms with Gasteiger partial charge in [-0.15, -0.1) is 0 Å². The smallest absolute Gasteiger partial charge is 0.461 e. The fourth-order valence-electron chi connectivity index (χ4n) is 1.93. The number of esters is 1. The molecule has 0 amide bonds. The van der Waals surface area contributed by atoms with Crippen LogP contribution < -0.4 is 0 Å². The number of carbonyl (C=O) groups is 1. The van der Waals surface area contributed by atoms with Crippen molar-refractivity contribution in [2.75, 3.05) is 6.61 Å². The first-order valence-corrected chi connectivity index (χ1v) is 7.50. The van der Waals surface area contributed by atoms with Gasteiger partial charge in [-0.05, 0) is 33.6 Å². The molecule has 0 aromatic rings. The fraction of sp³-hybridized carbons (Fsp3) is 0.933. The molecule has 0 aromatic carbocycles. The second kappa shape index (κ2) is 6.06. The third-order valence-electron chi connectivity index (χ3n) is 4.42. The van der Waals surface area contributed by atoms with Gasteiger partial charge < -0.3 is 14.0 Å². The maximum atomic E-state index is 12.0. The molecule has 0 aliphatic carbocycles. The Morgan fingerprint density at radius 1 is 1.05 bits per heavy atom. The summed E-state index contributed by atoms with van der Waals surface area (Å²) in [5.41, 5.74) is -0.735. The molecule has 20 heavy (non-hydrogen) atoms. The van der Waals surface area contributed by atoms with Crippen LogP contribution in [0.25, 0.3) is 0 Å². The van der Waals surface area contributed by atoms with Crippen LogP contribution in [0.2, 0.25) is 5.82 Å². The van der Waals surface area contributed by atoms with E-state index in [1.165, 1.54) is 0 Å². The largest absolute Gasteiger partial charge is 0.465 e. The molecular weight excluding hydrogens is 255 g/mol. The molecule has 1 rings (SSSR count). The van der Waals surface area contributed by atoms with Crippen molar-refractivity contribution in [1.82, 2.24) is 0 Å². The summed E-state index contributed by atoms with van der Waals surface area (Å²) < 4.78 is 17.3. The second-order valence-corrected chi connectivity index (χ2v) is 7.30. The van der Waals surface area contributed by atoms with Gasteiger partial charge in [0, 0.05) is 5.82 Å². The molecule has 0 unspecified atom stereocenters. The van der Waals surface area contributed by atoms with Gasteiger partial charge in [0.1, 0.15) is 0 Å². The van der Waals surface area contributed by atoms with E-state index in [0.717, 1.165) is 0 Å². The number of ether oxygens (including phenoxy) is 1. The molecule has 0 spiro atoms. The van der Waals surface area contributed by atoms with E-state index in [4.69, 9.17) is 14.0 Å². The van der Waals surface area contributed by atoms with Crippen LogP contribution >= 0.6 is 0 Å². The van der Waals surface area contributed by atoms with Crippen LogP contribution in [0.5, 0.6) is 0 Å². The van der Waals surface area contributed by atoms with E-state index in [-0.39, 0.29) is 36.0 Å². The molecule has 0 aromatic heterocycles. The van der Waals surface area contributed by atoms with Gasteiger partial charge in [0.25, 0.3) is 0 Å². The Morgan fingerprint density at radius 3 is 1.90 bits per heavy atom. The molecule has 4 nitrogen and oxygen atoms in total. The van der Waals surface area contributed by atoms with E-state index in [1.54, 1.807) is 0 Å². The van der Waals surface area contributed by atoms with E-state index < -0.39 is 0 Å². The lowest BCUT2D eigenvalue weighted by molar-refractivity contribution is -0.149. The molecule has 1 saturated heterocycles. The van der Waals surface area contributed by atoms with Crippen LogP contribution in [0.3, 0.4) is 0 Å². The average Bonchev–Trinajstić information content (AvgIpc) is 2.53. The highest BCUT2D eigenvalue weighted by Gasteiger charge is 2.54. The van der Waals surface area contributed by atoms with Gasteiger partial charge in [0.15, 0.2) is 0 Å². The molecule has 1 aliphatic rings. The highest BCUT2D eigenvalue weighted by Crippen LogP contribution is 2.41. The minimum atomic E-state index is -0.374. The van der Waals surface area contributed by atoms with E-state index in [9.17, 15) is 4.79 Å². The number of carbonyl (C=O) groups excluding carboxylic acids is 1. The van der Waals surface area contributed by atoms with Gasteiger partial charge in [-0.25, -0.2) is 0 Å². The zero-order valence-electron chi connectivity index (χ0n) is 14.1. The molecule has 1 fully saturated rings. The van der Waals surface area contributed by atoms with Crippen molar-refractivity contribution in [1.29, 1.82) is 0 Å². The number of rotatable bonds is 5. The summed E-state index contributed by atoms with van der Waals surface area (Å²) in [6.45, 7) is 16.4. The Morgan fingerprint density at radius 2 is 1.50 bits per heavy atom. The third kappa shape index (κ3) is 3.76. The SMILES string of the molecule is CC(C)COC(=O)[C@H](C)[C@@H](C)B1OC(C)(C)C(C)(C)O1. The molecule has 2 atom stereocenters. The summed E-state index contributed by atoms with van der Waals surface area (Å²) in [5.74, 6) is -0.127. The van der Waals surface area contributed by atoms with Gasteiger partial charge in [0.2, 0.25) is 0 Å². The summed E-state index contributed by atoms with van der Waals surface area (Å²) in [6, 6.07) is 0. The molecule has 116 valence electrons. The average molecular weight is 284 g/mol. The summed E-state index contributed by atoms with van der Waals surface area (Å²) in [7, 11) is -0.374. The maximum Gasteiger partial charge on any atom is 0.461 e. The van der Waals surface area contributed by atoms with Crippen LogP contribution in [0.15, 0.2) is 0 Å². The first-order chi connectivity index (χ1) is 8.98. The van der Waals surface area contributed by atoms with Gasteiger partial charge in [-0.2, -0.15) is 0 Å². The lowest BCUT2D eigenvalue weighted by atomic mass is 9.66. The van der Waals surface area contributed by atoms with Gasteiger partial charge in [-0.1, -0.05) is 27.7 Å². The fourth-order valence-corrected chi connectivity index (χ4v) is 1.93. The van der Waals surface area contributed by atoms with Crippen molar-refractivity contribution < 1.29 is 18.8 Å². The van der Waals surface area contributed by atoms with E-state index >= 15 is 0 Å². The topological polar surface area (TPSA) is 44.8 Å². The minimum absolute atomic E-state index is 0.0456. The Labute approximate surface area is 123 Å². The predicted octanol–water partition coefficient (Wildman–Crippen LogP) is 3.30. The first kappa shape index (κ1) is 17.5. The summed E-state index contributed by atoms with van der Waals surface area (Å²) in [4.78, 5) is 12.0. The molecule has 0 N–H and O–H groups in total. The summed E-state index contributed by atoms with van der Waals surface area (Å²) in [5, 5.41) is 0. The Balaban J connectivity index is 2.62. The second-order valence-electron chi connectivity index (χ2n) is 7.30. The zero-order valence-corrected chi connectivity index (χ0v) is 14.1.